The number of carbonyl (C=O) groups is 2. The van der Waals surface area contributed by atoms with E-state index in [-0.39, 0.29) is 11.8 Å². The van der Waals surface area contributed by atoms with Gasteiger partial charge in [0.2, 0.25) is 5.91 Å². The molecule has 2 aromatic rings. The predicted molar refractivity (Wildman–Crippen MR) is 112 cm³/mol. The molecule has 1 aromatic carbocycles. The first-order valence-electron chi connectivity index (χ1n) is 10.5. The van der Waals surface area contributed by atoms with Crippen molar-refractivity contribution in [2.75, 3.05) is 23.4 Å². The van der Waals surface area contributed by atoms with Crippen LogP contribution in [0, 0.1) is 5.92 Å². The van der Waals surface area contributed by atoms with Crippen LogP contribution in [0.4, 0.5) is 11.5 Å². The van der Waals surface area contributed by atoms with Gasteiger partial charge >= 0.3 is 0 Å². The Bertz CT molecular complexity index is 877. The molecule has 1 N–H and O–H groups in total. The van der Waals surface area contributed by atoms with Crippen LogP contribution in [-0.2, 0) is 4.79 Å². The third-order valence-corrected chi connectivity index (χ3v) is 5.70. The minimum atomic E-state index is -0.264. The lowest BCUT2D eigenvalue weighted by Crippen LogP contribution is -2.24. The Hall–Kier alpha value is -2.89. The summed E-state index contributed by atoms with van der Waals surface area (Å²) in [5, 5.41) is 2.87. The zero-order valence-electron chi connectivity index (χ0n) is 16.6. The SMILES string of the molecule is O=C(Nc1ncccc1OCC1CCCCC1)c1cccc(N2CCCC2=O)c1. The highest BCUT2D eigenvalue weighted by atomic mass is 16.5. The minimum absolute atomic E-state index is 0.102. The van der Waals surface area contributed by atoms with Gasteiger partial charge in [-0.05, 0) is 55.5 Å². The Labute approximate surface area is 171 Å². The van der Waals surface area contributed by atoms with Gasteiger partial charge in [0, 0.05) is 30.4 Å². The van der Waals surface area contributed by atoms with E-state index in [1.54, 1.807) is 29.3 Å². The number of anilines is 2. The van der Waals surface area contributed by atoms with Gasteiger partial charge in [-0.3, -0.25) is 9.59 Å². The van der Waals surface area contributed by atoms with Gasteiger partial charge in [-0.1, -0.05) is 25.3 Å². The average Bonchev–Trinajstić information content (AvgIpc) is 3.20. The molecule has 0 radical (unpaired) electrons. The normalized spacial score (nSPS) is 17.4. The molecule has 1 saturated carbocycles. The summed E-state index contributed by atoms with van der Waals surface area (Å²) >= 11 is 0. The lowest BCUT2D eigenvalue weighted by atomic mass is 9.90. The van der Waals surface area contributed by atoms with Crippen molar-refractivity contribution in [3.8, 4) is 5.75 Å². The zero-order valence-corrected chi connectivity index (χ0v) is 16.6. The predicted octanol–water partition coefficient (Wildman–Crippen LogP) is 4.42. The maximum absolute atomic E-state index is 12.8. The van der Waals surface area contributed by atoms with E-state index in [0.717, 1.165) is 12.1 Å². The number of aromatic nitrogens is 1. The fourth-order valence-corrected chi connectivity index (χ4v) is 4.08. The van der Waals surface area contributed by atoms with Crippen molar-refractivity contribution in [3.05, 3.63) is 48.2 Å². The second kappa shape index (κ2) is 9.07. The third kappa shape index (κ3) is 4.75. The number of hydrogen-bond acceptors (Lipinski definition) is 4. The second-order valence-corrected chi connectivity index (χ2v) is 7.82. The van der Waals surface area contributed by atoms with E-state index in [9.17, 15) is 9.59 Å². The number of benzene rings is 1. The van der Waals surface area contributed by atoms with Crippen molar-refractivity contribution in [1.82, 2.24) is 4.98 Å². The molecule has 2 amide bonds. The quantitative estimate of drug-likeness (QED) is 0.789. The number of hydrogen-bond donors (Lipinski definition) is 1. The van der Waals surface area contributed by atoms with Crippen molar-refractivity contribution >= 4 is 23.3 Å². The Morgan fingerprint density at radius 1 is 1.14 bits per heavy atom. The molecule has 6 heteroatoms. The summed E-state index contributed by atoms with van der Waals surface area (Å²) in [7, 11) is 0. The number of amides is 2. The summed E-state index contributed by atoms with van der Waals surface area (Å²) in [5.74, 6) is 1.43. The number of pyridine rings is 1. The van der Waals surface area contributed by atoms with Crippen LogP contribution in [0.15, 0.2) is 42.6 Å². The van der Waals surface area contributed by atoms with Gasteiger partial charge < -0.3 is 15.0 Å². The topological polar surface area (TPSA) is 71.5 Å². The number of ether oxygens (including phenoxy) is 1. The van der Waals surface area contributed by atoms with Crippen LogP contribution in [-0.4, -0.2) is 29.9 Å². The number of rotatable bonds is 6. The molecule has 0 bridgehead atoms. The summed E-state index contributed by atoms with van der Waals surface area (Å²) < 4.78 is 6.00. The van der Waals surface area contributed by atoms with Crippen molar-refractivity contribution in [3.63, 3.8) is 0 Å². The fraction of sp³-hybridized carbons (Fsp3) is 0.435. The molecular formula is C23H27N3O3. The van der Waals surface area contributed by atoms with Crippen LogP contribution < -0.4 is 15.0 Å². The molecule has 0 unspecified atom stereocenters. The molecule has 2 fully saturated rings. The van der Waals surface area contributed by atoms with Crippen LogP contribution in [0.3, 0.4) is 0 Å². The Kier molecular flexibility index (Phi) is 6.08. The monoisotopic (exact) mass is 393 g/mol. The van der Waals surface area contributed by atoms with Crippen LogP contribution in [0.25, 0.3) is 0 Å². The average molecular weight is 393 g/mol. The Balaban J connectivity index is 1.44. The van der Waals surface area contributed by atoms with Gasteiger partial charge in [0.15, 0.2) is 11.6 Å². The number of carbonyl (C=O) groups excluding carboxylic acids is 2. The molecule has 29 heavy (non-hydrogen) atoms. The van der Waals surface area contributed by atoms with Gasteiger partial charge in [-0.2, -0.15) is 0 Å². The molecule has 2 heterocycles. The second-order valence-electron chi connectivity index (χ2n) is 7.82. The molecule has 0 spiro atoms. The van der Waals surface area contributed by atoms with Gasteiger partial charge in [0.25, 0.3) is 5.91 Å². The Morgan fingerprint density at radius 2 is 2.00 bits per heavy atom. The number of nitrogens with one attached hydrogen (secondary N) is 1. The van der Waals surface area contributed by atoms with E-state index in [1.165, 1.54) is 32.1 Å². The van der Waals surface area contributed by atoms with E-state index < -0.39 is 0 Å². The van der Waals surface area contributed by atoms with Gasteiger partial charge in [0.1, 0.15) is 0 Å². The van der Waals surface area contributed by atoms with E-state index in [2.05, 4.69) is 10.3 Å². The molecule has 1 aliphatic heterocycles. The molecule has 152 valence electrons. The fourth-order valence-electron chi connectivity index (χ4n) is 4.08. The first-order valence-corrected chi connectivity index (χ1v) is 10.5. The lowest BCUT2D eigenvalue weighted by Gasteiger charge is -2.22. The van der Waals surface area contributed by atoms with Crippen molar-refractivity contribution < 1.29 is 14.3 Å². The molecule has 4 rings (SSSR count). The largest absolute Gasteiger partial charge is 0.489 e. The van der Waals surface area contributed by atoms with E-state index in [1.807, 2.05) is 18.2 Å². The molecular weight excluding hydrogens is 366 g/mol. The van der Waals surface area contributed by atoms with Crippen LogP contribution >= 0.6 is 0 Å². The Morgan fingerprint density at radius 3 is 2.79 bits per heavy atom. The van der Waals surface area contributed by atoms with Crippen molar-refractivity contribution in [2.45, 2.75) is 44.9 Å². The zero-order chi connectivity index (χ0) is 20.1. The van der Waals surface area contributed by atoms with Crippen molar-refractivity contribution in [1.29, 1.82) is 0 Å². The lowest BCUT2D eigenvalue weighted by molar-refractivity contribution is -0.117. The maximum atomic E-state index is 12.8. The summed E-state index contributed by atoms with van der Waals surface area (Å²) in [5.41, 5.74) is 1.25. The highest BCUT2D eigenvalue weighted by Crippen LogP contribution is 2.28. The van der Waals surface area contributed by atoms with Crippen molar-refractivity contribution in [2.24, 2.45) is 5.92 Å². The standard InChI is InChI=1S/C23H27N3O3/c27-21-12-6-14-26(21)19-10-4-9-18(15-19)23(28)25-22-20(11-5-13-24-22)29-16-17-7-2-1-3-8-17/h4-5,9-11,13,15,17H,1-3,6-8,12,14,16H2,(H,24,25,28). The first-order chi connectivity index (χ1) is 14.2. The summed E-state index contributed by atoms with van der Waals surface area (Å²) in [6.45, 7) is 1.35. The highest BCUT2D eigenvalue weighted by molar-refractivity contribution is 6.05. The maximum Gasteiger partial charge on any atom is 0.256 e. The van der Waals surface area contributed by atoms with E-state index in [4.69, 9.17) is 4.74 Å². The molecule has 1 saturated heterocycles. The highest BCUT2D eigenvalue weighted by Gasteiger charge is 2.22. The molecule has 1 aromatic heterocycles. The van der Waals surface area contributed by atoms with Gasteiger partial charge in [-0.15, -0.1) is 0 Å². The molecule has 0 atom stereocenters. The first kappa shape index (κ1) is 19.4. The van der Waals surface area contributed by atoms with E-state index >= 15 is 0 Å². The minimum Gasteiger partial charge on any atom is -0.489 e. The van der Waals surface area contributed by atoms with Crippen LogP contribution in [0.1, 0.15) is 55.3 Å². The van der Waals surface area contributed by atoms with Crippen LogP contribution in [0.2, 0.25) is 0 Å². The smallest absolute Gasteiger partial charge is 0.256 e. The van der Waals surface area contributed by atoms with Gasteiger partial charge in [0.05, 0.1) is 6.61 Å². The third-order valence-electron chi connectivity index (χ3n) is 5.70. The van der Waals surface area contributed by atoms with Crippen LogP contribution in [0.5, 0.6) is 5.75 Å². The molecule has 6 nitrogen and oxygen atoms in total. The van der Waals surface area contributed by atoms with Gasteiger partial charge in [-0.25, -0.2) is 4.98 Å². The van der Waals surface area contributed by atoms with E-state index in [0.29, 0.717) is 42.6 Å². The summed E-state index contributed by atoms with van der Waals surface area (Å²) in [6.07, 6.45) is 9.29. The summed E-state index contributed by atoms with van der Waals surface area (Å²) in [4.78, 5) is 30.8. The molecule has 2 aliphatic rings. The molecule has 1 aliphatic carbocycles. The summed E-state index contributed by atoms with van der Waals surface area (Å²) in [6, 6.07) is 10.8. The number of nitrogens with zero attached hydrogens (tertiary/aromatic N) is 2.